The van der Waals surface area contributed by atoms with Crippen LogP contribution in [0.4, 0.5) is 5.95 Å². The first-order chi connectivity index (χ1) is 9.45. The molecular formula is C11H11ClN6OS. The van der Waals surface area contributed by atoms with Crippen molar-refractivity contribution in [3.8, 4) is 0 Å². The van der Waals surface area contributed by atoms with E-state index in [1.54, 1.807) is 25.2 Å². The van der Waals surface area contributed by atoms with Crippen LogP contribution in [0.5, 0.6) is 0 Å². The summed E-state index contributed by atoms with van der Waals surface area (Å²) in [4.78, 5) is 13.3. The maximum absolute atomic E-state index is 12.0. The lowest BCUT2D eigenvalue weighted by molar-refractivity contribution is 0.0978. The van der Waals surface area contributed by atoms with Gasteiger partial charge in [-0.3, -0.25) is 15.4 Å². The van der Waals surface area contributed by atoms with E-state index in [0.717, 1.165) is 5.56 Å². The molecule has 0 unspecified atom stereocenters. The van der Waals surface area contributed by atoms with E-state index in [4.69, 9.17) is 23.8 Å². The number of halogens is 1. The predicted octanol–water partition coefficient (Wildman–Crippen LogP) is 1.30. The molecule has 1 aromatic heterocycles. The van der Waals surface area contributed by atoms with Crippen LogP contribution < -0.4 is 10.6 Å². The van der Waals surface area contributed by atoms with Crippen LogP contribution in [0.15, 0.2) is 18.2 Å². The van der Waals surface area contributed by atoms with Gasteiger partial charge in [0.25, 0.3) is 11.9 Å². The van der Waals surface area contributed by atoms with Crippen molar-refractivity contribution >= 4 is 40.8 Å². The topological polar surface area (TPSA) is 84.7 Å². The Morgan fingerprint density at radius 1 is 1.45 bits per heavy atom. The van der Waals surface area contributed by atoms with E-state index in [1.165, 1.54) is 4.80 Å². The number of aromatic nitrogens is 4. The van der Waals surface area contributed by atoms with Crippen LogP contribution in [-0.4, -0.2) is 31.2 Å². The number of anilines is 1. The largest absolute Gasteiger partial charge is 0.299 e. The van der Waals surface area contributed by atoms with Gasteiger partial charge in [-0.25, -0.2) is 0 Å². The number of carbonyl (C=O) groups is 1. The van der Waals surface area contributed by atoms with E-state index in [0.29, 0.717) is 10.6 Å². The molecule has 0 fully saturated rings. The van der Waals surface area contributed by atoms with E-state index in [-0.39, 0.29) is 11.1 Å². The number of nitrogens with zero attached hydrogens (tertiary/aromatic N) is 4. The first-order valence-electron chi connectivity index (χ1n) is 5.58. The SMILES string of the molecule is Cc1ccc(C(=O)NC(=S)Nc2nnn(C)n2)c(Cl)c1. The summed E-state index contributed by atoms with van der Waals surface area (Å²) < 4.78 is 0. The van der Waals surface area contributed by atoms with Gasteiger partial charge in [0.1, 0.15) is 0 Å². The van der Waals surface area contributed by atoms with Crippen LogP contribution in [0, 0.1) is 6.92 Å². The molecule has 0 radical (unpaired) electrons. The summed E-state index contributed by atoms with van der Waals surface area (Å²) in [5.74, 6) is -0.204. The van der Waals surface area contributed by atoms with Crippen LogP contribution in [0.2, 0.25) is 5.02 Å². The monoisotopic (exact) mass is 310 g/mol. The summed E-state index contributed by atoms with van der Waals surface area (Å²) >= 11 is 11.0. The molecule has 7 nitrogen and oxygen atoms in total. The van der Waals surface area contributed by atoms with Gasteiger partial charge < -0.3 is 0 Å². The second kappa shape index (κ2) is 5.93. The molecule has 0 aliphatic rings. The van der Waals surface area contributed by atoms with Crippen molar-refractivity contribution in [2.45, 2.75) is 6.92 Å². The van der Waals surface area contributed by atoms with Crippen LogP contribution >= 0.6 is 23.8 Å². The third-order valence-corrected chi connectivity index (χ3v) is 2.85. The van der Waals surface area contributed by atoms with E-state index >= 15 is 0 Å². The van der Waals surface area contributed by atoms with Gasteiger partial charge in [-0.2, -0.15) is 4.80 Å². The van der Waals surface area contributed by atoms with Crippen LogP contribution in [0.25, 0.3) is 0 Å². The molecule has 1 aromatic carbocycles. The number of carbonyl (C=O) groups excluding carboxylic acids is 1. The average molecular weight is 311 g/mol. The molecule has 0 atom stereocenters. The zero-order valence-electron chi connectivity index (χ0n) is 10.7. The molecule has 2 rings (SSSR count). The highest BCUT2D eigenvalue weighted by molar-refractivity contribution is 7.80. The van der Waals surface area contributed by atoms with E-state index in [1.807, 2.05) is 6.92 Å². The number of thiocarbonyl (C=S) groups is 1. The molecule has 9 heteroatoms. The summed E-state index contributed by atoms with van der Waals surface area (Å²) in [5, 5.41) is 16.8. The van der Waals surface area contributed by atoms with Crippen molar-refractivity contribution in [3.63, 3.8) is 0 Å². The van der Waals surface area contributed by atoms with Crippen LogP contribution in [0.3, 0.4) is 0 Å². The highest BCUT2D eigenvalue weighted by atomic mass is 35.5. The molecule has 0 aliphatic heterocycles. The lowest BCUT2D eigenvalue weighted by Gasteiger charge is -2.08. The van der Waals surface area contributed by atoms with Crippen molar-refractivity contribution in [2.75, 3.05) is 5.32 Å². The average Bonchev–Trinajstić information content (AvgIpc) is 2.74. The second-order valence-electron chi connectivity index (χ2n) is 3.99. The minimum atomic E-state index is -0.406. The summed E-state index contributed by atoms with van der Waals surface area (Å²) in [7, 11) is 1.62. The lowest BCUT2D eigenvalue weighted by atomic mass is 10.1. The minimum Gasteiger partial charge on any atom is -0.299 e. The number of benzene rings is 1. The molecule has 0 bridgehead atoms. The quantitative estimate of drug-likeness (QED) is 0.813. The fraction of sp³-hybridized carbons (Fsp3) is 0.182. The Hall–Kier alpha value is -2.06. The highest BCUT2D eigenvalue weighted by Gasteiger charge is 2.12. The van der Waals surface area contributed by atoms with Crippen LogP contribution in [0.1, 0.15) is 15.9 Å². The molecule has 0 saturated carbocycles. The van der Waals surface area contributed by atoms with Crippen LogP contribution in [-0.2, 0) is 7.05 Å². The number of hydrogen-bond donors (Lipinski definition) is 2. The summed E-state index contributed by atoms with van der Waals surface area (Å²) in [6.07, 6.45) is 0. The van der Waals surface area contributed by atoms with Crippen molar-refractivity contribution in [3.05, 3.63) is 34.3 Å². The number of tetrazole rings is 1. The molecule has 0 spiro atoms. The third kappa shape index (κ3) is 3.49. The molecule has 104 valence electrons. The highest BCUT2D eigenvalue weighted by Crippen LogP contribution is 2.17. The maximum atomic E-state index is 12.0. The normalized spacial score (nSPS) is 10.2. The Kier molecular flexibility index (Phi) is 4.26. The number of aryl methyl sites for hydroxylation is 2. The van der Waals surface area contributed by atoms with E-state index in [2.05, 4.69) is 26.0 Å². The van der Waals surface area contributed by atoms with Gasteiger partial charge in [-0.05, 0) is 42.1 Å². The van der Waals surface area contributed by atoms with Gasteiger partial charge in [0.2, 0.25) is 0 Å². The van der Waals surface area contributed by atoms with Crippen molar-refractivity contribution in [1.29, 1.82) is 0 Å². The Bertz CT molecular complexity index is 671. The Labute approximate surface area is 125 Å². The summed E-state index contributed by atoms with van der Waals surface area (Å²) in [6.45, 7) is 1.89. The fourth-order valence-corrected chi connectivity index (χ4v) is 1.95. The second-order valence-corrected chi connectivity index (χ2v) is 4.81. The van der Waals surface area contributed by atoms with Gasteiger partial charge >= 0.3 is 0 Å². The standard InChI is InChI=1S/C11H11ClN6OS/c1-6-3-4-7(8(12)5-6)9(19)13-11(20)14-10-15-17-18(2)16-10/h3-5H,1-2H3,(H2,13,14,16,19,20). The first kappa shape index (κ1) is 14.4. The lowest BCUT2D eigenvalue weighted by Crippen LogP contribution is -2.34. The number of rotatable bonds is 2. The number of hydrogen-bond acceptors (Lipinski definition) is 5. The van der Waals surface area contributed by atoms with Crippen molar-refractivity contribution in [1.82, 2.24) is 25.5 Å². The molecule has 0 aliphatic carbocycles. The van der Waals surface area contributed by atoms with Crippen molar-refractivity contribution in [2.24, 2.45) is 7.05 Å². The molecular weight excluding hydrogens is 300 g/mol. The summed E-state index contributed by atoms with van der Waals surface area (Å²) in [6, 6.07) is 5.13. The molecule has 0 saturated heterocycles. The molecule has 2 aromatic rings. The predicted molar refractivity (Wildman–Crippen MR) is 78.7 cm³/mol. The third-order valence-electron chi connectivity index (χ3n) is 2.33. The van der Waals surface area contributed by atoms with Gasteiger partial charge in [-0.1, -0.05) is 22.8 Å². The fourth-order valence-electron chi connectivity index (χ4n) is 1.44. The number of amides is 1. The molecule has 1 heterocycles. The number of nitrogens with one attached hydrogen (secondary N) is 2. The minimum absolute atomic E-state index is 0.0691. The zero-order valence-corrected chi connectivity index (χ0v) is 12.3. The Balaban J connectivity index is 2.02. The van der Waals surface area contributed by atoms with E-state index < -0.39 is 5.91 Å². The van der Waals surface area contributed by atoms with Crippen molar-refractivity contribution < 1.29 is 4.79 Å². The first-order valence-corrected chi connectivity index (χ1v) is 6.37. The van der Waals surface area contributed by atoms with Gasteiger partial charge in [-0.15, -0.1) is 5.10 Å². The smallest absolute Gasteiger partial charge is 0.269 e. The van der Waals surface area contributed by atoms with Gasteiger partial charge in [0, 0.05) is 0 Å². The molecule has 1 amide bonds. The van der Waals surface area contributed by atoms with Gasteiger partial charge in [0.15, 0.2) is 5.11 Å². The molecule has 2 N–H and O–H groups in total. The summed E-state index contributed by atoms with van der Waals surface area (Å²) in [5.41, 5.74) is 1.31. The zero-order chi connectivity index (χ0) is 14.7. The van der Waals surface area contributed by atoms with Gasteiger partial charge in [0.05, 0.1) is 17.6 Å². The Morgan fingerprint density at radius 3 is 2.80 bits per heavy atom. The maximum Gasteiger partial charge on any atom is 0.269 e. The van der Waals surface area contributed by atoms with E-state index in [9.17, 15) is 4.79 Å². The Morgan fingerprint density at radius 2 is 2.20 bits per heavy atom. The molecule has 20 heavy (non-hydrogen) atoms.